The summed E-state index contributed by atoms with van der Waals surface area (Å²) in [6.07, 6.45) is 0. The molecule has 4 rings (SSSR count). The Morgan fingerprint density at radius 3 is 2.28 bits per heavy atom. The lowest BCUT2D eigenvalue weighted by molar-refractivity contribution is 0.0698. The summed E-state index contributed by atoms with van der Waals surface area (Å²) in [4.78, 5) is 29.4. The number of piperazine rings is 1. The van der Waals surface area contributed by atoms with Crippen LogP contribution >= 0.6 is 11.6 Å². The minimum Gasteiger partial charge on any atom is -0.497 e. The number of aromatic carboxylic acids is 1. The SMILES string of the molecule is COc1ccc(C(=O)Nc2ccc(N3CCN(c4cc(Cl)ccc4C)CC3)cc2C(=O)O)c(OC)c1. The van der Waals surface area contributed by atoms with Crippen LogP contribution in [-0.2, 0) is 0 Å². The molecule has 0 bridgehead atoms. The van der Waals surface area contributed by atoms with Crippen molar-refractivity contribution < 1.29 is 24.2 Å². The van der Waals surface area contributed by atoms with Gasteiger partial charge in [0.1, 0.15) is 11.5 Å². The van der Waals surface area contributed by atoms with Crippen LogP contribution in [0.2, 0.25) is 5.02 Å². The van der Waals surface area contributed by atoms with Crippen molar-refractivity contribution in [3.05, 3.63) is 76.3 Å². The summed E-state index contributed by atoms with van der Waals surface area (Å²) in [6.45, 7) is 5.06. The van der Waals surface area contributed by atoms with E-state index in [1.54, 1.807) is 30.3 Å². The van der Waals surface area contributed by atoms with Crippen molar-refractivity contribution >= 4 is 40.5 Å². The van der Waals surface area contributed by atoms with E-state index in [-0.39, 0.29) is 16.8 Å². The van der Waals surface area contributed by atoms with Crippen LogP contribution in [0.5, 0.6) is 11.5 Å². The highest BCUT2D eigenvalue weighted by Crippen LogP contribution is 2.30. The monoisotopic (exact) mass is 509 g/mol. The first-order valence-corrected chi connectivity index (χ1v) is 11.8. The Labute approximate surface area is 215 Å². The molecule has 0 unspecified atom stereocenters. The van der Waals surface area contributed by atoms with E-state index in [0.29, 0.717) is 16.5 Å². The predicted molar refractivity (Wildman–Crippen MR) is 142 cm³/mol. The van der Waals surface area contributed by atoms with Gasteiger partial charge >= 0.3 is 5.97 Å². The number of halogens is 1. The van der Waals surface area contributed by atoms with E-state index < -0.39 is 11.9 Å². The molecule has 0 atom stereocenters. The molecule has 0 radical (unpaired) electrons. The molecule has 3 aromatic carbocycles. The van der Waals surface area contributed by atoms with Crippen LogP contribution in [0.15, 0.2) is 54.6 Å². The standard InChI is InChI=1S/C27H28ClN3O5/c1-17-4-5-18(28)14-24(17)31-12-10-30(11-13-31)19-6-9-23(22(15-19)27(33)34)29-26(32)21-8-7-20(35-2)16-25(21)36-3/h4-9,14-16H,10-13H2,1-3H3,(H,29,32)(H,33,34). The van der Waals surface area contributed by atoms with E-state index >= 15 is 0 Å². The summed E-state index contributed by atoms with van der Waals surface area (Å²) in [5.74, 6) is -0.727. The number of carbonyl (C=O) groups excluding carboxylic acids is 1. The number of nitrogens with one attached hydrogen (secondary N) is 1. The molecular weight excluding hydrogens is 482 g/mol. The van der Waals surface area contributed by atoms with Crippen LogP contribution in [-0.4, -0.2) is 57.4 Å². The fourth-order valence-corrected chi connectivity index (χ4v) is 4.49. The zero-order valence-electron chi connectivity index (χ0n) is 20.4. The summed E-state index contributed by atoms with van der Waals surface area (Å²) in [7, 11) is 2.98. The van der Waals surface area contributed by atoms with Crippen LogP contribution in [0, 0.1) is 6.92 Å². The molecular formula is C27H28ClN3O5. The molecule has 0 aromatic heterocycles. The molecule has 1 amide bonds. The van der Waals surface area contributed by atoms with Gasteiger partial charge in [0.15, 0.2) is 0 Å². The number of hydrogen-bond acceptors (Lipinski definition) is 6. The Kier molecular flexibility index (Phi) is 7.55. The highest BCUT2D eigenvalue weighted by atomic mass is 35.5. The van der Waals surface area contributed by atoms with Crippen molar-refractivity contribution in [2.75, 3.05) is 55.5 Å². The largest absolute Gasteiger partial charge is 0.497 e. The van der Waals surface area contributed by atoms with Gasteiger partial charge in [0, 0.05) is 48.6 Å². The highest BCUT2D eigenvalue weighted by molar-refractivity contribution is 6.30. The Morgan fingerprint density at radius 1 is 0.889 bits per heavy atom. The lowest BCUT2D eigenvalue weighted by Crippen LogP contribution is -2.46. The second-order valence-corrected chi connectivity index (χ2v) is 8.90. The number of benzene rings is 3. The van der Waals surface area contributed by atoms with E-state index in [1.165, 1.54) is 14.2 Å². The summed E-state index contributed by atoms with van der Waals surface area (Å²) in [5.41, 5.74) is 3.56. The molecule has 0 aliphatic carbocycles. The van der Waals surface area contributed by atoms with Crippen molar-refractivity contribution in [1.82, 2.24) is 0 Å². The molecule has 36 heavy (non-hydrogen) atoms. The molecule has 188 valence electrons. The van der Waals surface area contributed by atoms with Gasteiger partial charge in [-0.15, -0.1) is 0 Å². The third kappa shape index (κ3) is 5.33. The zero-order chi connectivity index (χ0) is 25.8. The van der Waals surface area contributed by atoms with Crippen LogP contribution in [0.3, 0.4) is 0 Å². The van der Waals surface area contributed by atoms with Crippen LogP contribution in [0.1, 0.15) is 26.3 Å². The van der Waals surface area contributed by atoms with Crippen LogP contribution in [0.25, 0.3) is 0 Å². The maximum Gasteiger partial charge on any atom is 0.337 e. The molecule has 8 nitrogen and oxygen atoms in total. The Morgan fingerprint density at radius 2 is 1.61 bits per heavy atom. The Bertz CT molecular complexity index is 1290. The summed E-state index contributed by atoms with van der Waals surface area (Å²) in [6, 6.07) is 15.7. The van der Waals surface area contributed by atoms with Crippen molar-refractivity contribution in [3.8, 4) is 11.5 Å². The van der Waals surface area contributed by atoms with Gasteiger partial charge in [-0.25, -0.2) is 4.79 Å². The number of carboxylic acids is 1. The first-order valence-electron chi connectivity index (χ1n) is 11.5. The second-order valence-electron chi connectivity index (χ2n) is 8.46. The molecule has 1 aliphatic heterocycles. The molecule has 1 aliphatic rings. The lowest BCUT2D eigenvalue weighted by Gasteiger charge is -2.38. The average molecular weight is 510 g/mol. The number of methoxy groups -OCH3 is 2. The van der Waals surface area contributed by atoms with E-state index in [2.05, 4.69) is 22.0 Å². The molecule has 0 spiro atoms. The summed E-state index contributed by atoms with van der Waals surface area (Å²) in [5, 5.41) is 13.3. The zero-order valence-corrected chi connectivity index (χ0v) is 21.1. The number of nitrogens with zero attached hydrogens (tertiary/aromatic N) is 2. The number of hydrogen-bond donors (Lipinski definition) is 2. The lowest BCUT2D eigenvalue weighted by atomic mass is 10.1. The van der Waals surface area contributed by atoms with E-state index in [9.17, 15) is 14.7 Å². The molecule has 0 saturated carbocycles. The fraction of sp³-hybridized carbons (Fsp3) is 0.259. The molecule has 3 aromatic rings. The average Bonchev–Trinajstić information content (AvgIpc) is 2.89. The Hall–Kier alpha value is -3.91. The molecule has 1 heterocycles. The number of anilines is 3. The molecule has 2 N–H and O–H groups in total. The minimum atomic E-state index is -1.12. The van der Waals surface area contributed by atoms with Crippen molar-refractivity contribution in [3.63, 3.8) is 0 Å². The van der Waals surface area contributed by atoms with E-state index in [0.717, 1.165) is 43.1 Å². The van der Waals surface area contributed by atoms with Gasteiger partial charge < -0.3 is 29.7 Å². The van der Waals surface area contributed by atoms with Gasteiger partial charge in [-0.2, -0.15) is 0 Å². The van der Waals surface area contributed by atoms with Gasteiger partial charge in [-0.1, -0.05) is 17.7 Å². The highest BCUT2D eigenvalue weighted by Gasteiger charge is 2.22. The maximum absolute atomic E-state index is 12.9. The number of carbonyl (C=O) groups is 2. The molecule has 1 saturated heterocycles. The van der Waals surface area contributed by atoms with Gasteiger partial charge in [0.25, 0.3) is 5.91 Å². The van der Waals surface area contributed by atoms with Gasteiger partial charge in [-0.05, 0) is 55.0 Å². The normalized spacial score (nSPS) is 13.3. The first-order chi connectivity index (χ1) is 17.3. The van der Waals surface area contributed by atoms with E-state index in [4.69, 9.17) is 21.1 Å². The van der Waals surface area contributed by atoms with E-state index in [1.807, 2.05) is 24.3 Å². The molecule has 9 heteroatoms. The topological polar surface area (TPSA) is 91.3 Å². The van der Waals surface area contributed by atoms with Crippen LogP contribution in [0.4, 0.5) is 17.1 Å². The van der Waals surface area contributed by atoms with Crippen molar-refractivity contribution in [1.29, 1.82) is 0 Å². The van der Waals surface area contributed by atoms with Gasteiger partial charge in [0.05, 0.1) is 31.0 Å². The van der Waals surface area contributed by atoms with Gasteiger partial charge in [0.2, 0.25) is 0 Å². The summed E-state index contributed by atoms with van der Waals surface area (Å²) >= 11 is 6.19. The maximum atomic E-state index is 12.9. The van der Waals surface area contributed by atoms with Crippen molar-refractivity contribution in [2.24, 2.45) is 0 Å². The Balaban J connectivity index is 1.50. The number of carboxylic acid groups (broad SMARTS) is 1. The predicted octanol–water partition coefficient (Wildman–Crippen LogP) is 4.94. The summed E-state index contributed by atoms with van der Waals surface area (Å²) < 4.78 is 10.5. The van der Waals surface area contributed by atoms with Crippen LogP contribution < -0.4 is 24.6 Å². The third-order valence-electron chi connectivity index (χ3n) is 6.29. The third-order valence-corrected chi connectivity index (χ3v) is 6.53. The molecule has 1 fully saturated rings. The smallest absolute Gasteiger partial charge is 0.337 e. The number of aryl methyl sites for hydroxylation is 1. The van der Waals surface area contributed by atoms with Crippen molar-refractivity contribution in [2.45, 2.75) is 6.92 Å². The number of amides is 1. The quantitative estimate of drug-likeness (QED) is 0.466. The fourth-order valence-electron chi connectivity index (χ4n) is 4.32. The first kappa shape index (κ1) is 25.2. The van der Waals surface area contributed by atoms with Gasteiger partial charge in [-0.3, -0.25) is 4.79 Å². The number of rotatable bonds is 7. The minimum absolute atomic E-state index is 0.0152. The second kappa shape index (κ2) is 10.8. The number of ether oxygens (including phenoxy) is 2.